The van der Waals surface area contributed by atoms with Crippen molar-refractivity contribution in [3.05, 3.63) is 0 Å². The molecule has 2 unspecified atom stereocenters. The second-order valence-electron chi connectivity index (χ2n) is 2.41. The minimum Gasteiger partial charge on any atom is -0.211 e. The summed E-state index contributed by atoms with van der Waals surface area (Å²) in [4.78, 5) is 27.1. The first-order valence-corrected chi connectivity index (χ1v) is 4.69. The van der Waals surface area contributed by atoms with Crippen LogP contribution in [0.2, 0.25) is 0 Å². The van der Waals surface area contributed by atoms with E-state index >= 15 is 0 Å². The molecule has 1 heterocycles. The highest BCUT2D eigenvalue weighted by atomic mass is 32.2. The number of hydrogen-bond acceptors (Lipinski definition) is 5. The van der Waals surface area contributed by atoms with Gasteiger partial charge in [0.25, 0.3) is 0 Å². The van der Waals surface area contributed by atoms with Gasteiger partial charge in [-0.2, -0.15) is 9.98 Å². The molecular weight excluding hydrogens is 176 g/mol. The molecule has 1 aliphatic rings. The molecule has 0 amide bonds. The molecule has 0 N–H and O–H groups in total. The van der Waals surface area contributed by atoms with E-state index in [2.05, 4.69) is 9.98 Å². The monoisotopic (exact) mass is 184 g/mol. The van der Waals surface area contributed by atoms with Crippen molar-refractivity contribution >= 4 is 23.9 Å². The van der Waals surface area contributed by atoms with Gasteiger partial charge in [0.1, 0.15) is 5.37 Å². The van der Waals surface area contributed by atoms with Crippen LogP contribution in [-0.4, -0.2) is 29.3 Å². The number of thioether (sulfide) groups is 1. The van der Waals surface area contributed by atoms with Crippen molar-refractivity contribution in [1.29, 1.82) is 0 Å². The standard InChI is InChI=1S/C7H8N2O2S/c10-4-8-6-2-1-3-12-7(6)9-5-11/h6-7H,1-3H2. The zero-order valence-electron chi connectivity index (χ0n) is 6.40. The zero-order valence-corrected chi connectivity index (χ0v) is 7.21. The maximum Gasteiger partial charge on any atom is 0.236 e. The molecule has 0 radical (unpaired) electrons. The summed E-state index contributed by atoms with van der Waals surface area (Å²) in [7, 11) is 0. The van der Waals surface area contributed by atoms with E-state index in [1.54, 1.807) is 0 Å². The van der Waals surface area contributed by atoms with Crippen molar-refractivity contribution < 1.29 is 9.59 Å². The van der Waals surface area contributed by atoms with Crippen LogP contribution in [-0.2, 0) is 9.59 Å². The molecule has 0 aromatic rings. The molecule has 12 heavy (non-hydrogen) atoms. The Morgan fingerprint density at radius 3 is 2.67 bits per heavy atom. The molecule has 0 aromatic heterocycles. The van der Waals surface area contributed by atoms with Gasteiger partial charge in [0.2, 0.25) is 12.2 Å². The Bertz CT molecular complexity index is 218. The third kappa shape index (κ3) is 2.31. The van der Waals surface area contributed by atoms with Crippen molar-refractivity contribution in [2.24, 2.45) is 9.98 Å². The third-order valence-electron chi connectivity index (χ3n) is 1.66. The number of hydrogen-bond donors (Lipinski definition) is 0. The third-order valence-corrected chi connectivity index (χ3v) is 2.95. The van der Waals surface area contributed by atoms with Gasteiger partial charge in [-0.15, -0.1) is 11.8 Å². The van der Waals surface area contributed by atoms with Crippen LogP contribution in [0.4, 0.5) is 0 Å². The largest absolute Gasteiger partial charge is 0.236 e. The first-order chi connectivity index (χ1) is 5.88. The average molecular weight is 184 g/mol. The molecule has 1 rings (SSSR count). The Labute approximate surface area is 74.2 Å². The van der Waals surface area contributed by atoms with Crippen LogP contribution in [0.3, 0.4) is 0 Å². The minimum atomic E-state index is -0.224. The highest BCUT2D eigenvalue weighted by molar-refractivity contribution is 8.00. The van der Waals surface area contributed by atoms with Gasteiger partial charge >= 0.3 is 0 Å². The van der Waals surface area contributed by atoms with E-state index in [1.807, 2.05) is 0 Å². The molecule has 0 saturated carbocycles. The Kier molecular flexibility index (Phi) is 3.74. The number of isocyanates is 2. The minimum absolute atomic E-state index is 0.178. The van der Waals surface area contributed by atoms with E-state index in [0.717, 1.165) is 18.6 Å². The lowest BCUT2D eigenvalue weighted by molar-refractivity contribution is 0.530. The predicted octanol–water partition coefficient (Wildman–Crippen LogP) is 0.880. The number of carbonyl (C=O) groups excluding carboxylic acids is 2. The van der Waals surface area contributed by atoms with Gasteiger partial charge < -0.3 is 0 Å². The van der Waals surface area contributed by atoms with Crippen molar-refractivity contribution in [3.8, 4) is 0 Å². The van der Waals surface area contributed by atoms with Gasteiger partial charge in [0.15, 0.2) is 0 Å². The van der Waals surface area contributed by atoms with E-state index < -0.39 is 0 Å². The van der Waals surface area contributed by atoms with Crippen LogP contribution in [0, 0.1) is 0 Å². The maximum absolute atomic E-state index is 9.98. The normalized spacial score (nSPS) is 28.3. The van der Waals surface area contributed by atoms with Gasteiger partial charge in [-0.05, 0) is 18.6 Å². The number of aliphatic imine (C=N–C) groups is 2. The van der Waals surface area contributed by atoms with Gasteiger partial charge in [-0.1, -0.05) is 0 Å². The molecule has 0 spiro atoms. The van der Waals surface area contributed by atoms with Crippen molar-refractivity contribution in [2.75, 3.05) is 5.75 Å². The quantitative estimate of drug-likeness (QED) is 0.473. The Morgan fingerprint density at radius 1 is 1.25 bits per heavy atom. The summed E-state index contributed by atoms with van der Waals surface area (Å²) in [6.07, 6.45) is 4.80. The Hall–Kier alpha value is -0.890. The number of nitrogens with zero attached hydrogens (tertiary/aromatic N) is 2. The van der Waals surface area contributed by atoms with Crippen LogP contribution < -0.4 is 0 Å². The summed E-state index contributed by atoms with van der Waals surface area (Å²) in [5, 5.41) is -0.224. The van der Waals surface area contributed by atoms with E-state index in [1.165, 1.54) is 23.9 Å². The van der Waals surface area contributed by atoms with E-state index in [-0.39, 0.29) is 11.4 Å². The fourth-order valence-electron chi connectivity index (χ4n) is 1.12. The van der Waals surface area contributed by atoms with Crippen molar-refractivity contribution in [2.45, 2.75) is 24.3 Å². The lowest BCUT2D eigenvalue weighted by Gasteiger charge is -2.21. The first-order valence-electron chi connectivity index (χ1n) is 3.64. The summed E-state index contributed by atoms with van der Waals surface area (Å²) >= 11 is 1.53. The van der Waals surface area contributed by atoms with Crippen LogP contribution in [0.5, 0.6) is 0 Å². The maximum atomic E-state index is 9.98. The molecular formula is C7H8N2O2S. The predicted molar refractivity (Wildman–Crippen MR) is 45.5 cm³/mol. The average Bonchev–Trinajstić information content (AvgIpc) is 2.09. The molecule has 2 atom stereocenters. The molecule has 1 aliphatic heterocycles. The molecule has 0 bridgehead atoms. The first kappa shape index (κ1) is 9.20. The number of rotatable bonds is 2. The zero-order chi connectivity index (χ0) is 8.81. The lowest BCUT2D eigenvalue weighted by atomic mass is 10.1. The summed E-state index contributed by atoms with van der Waals surface area (Å²) in [5.74, 6) is 0.959. The van der Waals surface area contributed by atoms with E-state index in [9.17, 15) is 9.59 Å². The van der Waals surface area contributed by atoms with Crippen LogP contribution in [0.25, 0.3) is 0 Å². The van der Waals surface area contributed by atoms with Crippen LogP contribution >= 0.6 is 11.8 Å². The van der Waals surface area contributed by atoms with E-state index in [0.29, 0.717) is 0 Å². The van der Waals surface area contributed by atoms with Crippen molar-refractivity contribution in [3.63, 3.8) is 0 Å². The fourth-order valence-corrected chi connectivity index (χ4v) is 2.23. The Morgan fingerprint density at radius 2 is 2.00 bits per heavy atom. The van der Waals surface area contributed by atoms with Gasteiger partial charge in [0, 0.05) is 0 Å². The molecule has 64 valence electrons. The SMILES string of the molecule is O=C=NC1CCCSC1N=C=O. The summed E-state index contributed by atoms with van der Waals surface area (Å²) in [5.41, 5.74) is 0. The summed E-state index contributed by atoms with van der Waals surface area (Å²) in [6.45, 7) is 0. The van der Waals surface area contributed by atoms with Crippen LogP contribution in [0.1, 0.15) is 12.8 Å². The second kappa shape index (κ2) is 4.88. The molecule has 4 nitrogen and oxygen atoms in total. The highest BCUT2D eigenvalue weighted by Crippen LogP contribution is 2.28. The fraction of sp³-hybridized carbons (Fsp3) is 0.714. The molecule has 1 fully saturated rings. The summed E-state index contributed by atoms with van der Waals surface area (Å²) in [6, 6.07) is -0.178. The highest BCUT2D eigenvalue weighted by Gasteiger charge is 2.24. The van der Waals surface area contributed by atoms with E-state index in [4.69, 9.17) is 0 Å². The molecule has 0 aromatic carbocycles. The molecule has 0 aliphatic carbocycles. The smallest absolute Gasteiger partial charge is 0.211 e. The van der Waals surface area contributed by atoms with Crippen LogP contribution in [0.15, 0.2) is 9.98 Å². The molecule has 5 heteroatoms. The lowest BCUT2D eigenvalue weighted by Crippen LogP contribution is -2.24. The van der Waals surface area contributed by atoms with Gasteiger partial charge in [0.05, 0.1) is 6.04 Å². The molecule has 1 saturated heterocycles. The Balaban J connectivity index is 2.65. The van der Waals surface area contributed by atoms with Gasteiger partial charge in [-0.3, -0.25) is 0 Å². The van der Waals surface area contributed by atoms with Crippen molar-refractivity contribution in [1.82, 2.24) is 0 Å². The topological polar surface area (TPSA) is 58.9 Å². The second-order valence-corrected chi connectivity index (χ2v) is 3.64. The summed E-state index contributed by atoms with van der Waals surface area (Å²) < 4.78 is 0. The van der Waals surface area contributed by atoms with Gasteiger partial charge in [-0.25, -0.2) is 9.59 Å².